The van der Waals surface area contributed by atoms with Crippen molar-refractivity contribution in [2.45, 2.75) is 69.4 Å². The van der Waals surface area contributed by atoms with Crippen molar-refractivity contribution in [1.82, 2.24) is 0 Å². The monoisotopic (exact) mass is 308 g/mol. The van der Waals surface area contributed by atoms with Gasteiger partial charge in [-0.1, -0.05) is 6.92 Å². The van der Waals surface area contributed by atoms with Crippen LogP contribution in [-0.2, 0) is 13.8 Å². The molecule has 4 N–H and O–H groups in total. The fourth-order valence-corrected chi connectivity index (χ4v) is 3.10. The van der Waals surface area contributed by atoms with E-state index >= 15 is 0 Å². The quantitative estimate of drug-likeness (QED) is 0.393. The lowest BCUT2D eigenvalue weighted by Gasteiger charge is -2.30. The zero-order valence-corrected chi connectivity index (χ0v) is 12.7. The van der Waals surface area contributed by atoms with Crippen LogP contribution in [0, 0.1) is 0 Å². The van der Waals surface area contributed by atoms with Gasteiger partial charge in [0.2, 0.25) is 0 Å². The Bertz CT molecular complexity index is 378. The molecule has 0 aromatic carbocycles. The SMILES string of the molecule is [B][C@@H]1O[C@H](CC(C)OP(=O)(O)C(C)(O)CC)C(O)[C@@H]1O. The molecule has 0 aromatic rings. The third kappa shape index (κ3) is 3.82. The molecule has 1 rings (SSSR count). The summed E-state index contributed by atoms with van der Waals surface area (Å²) in [5, 5.41) is 27.1. The summed E-state index contributed by atoms with van der Waals surface area (Å²) in [7, 11) is 1.20. The van der Waals surface area contributed by atoms with Crippen molar-refractivity contribution in [2.24, 2.45) is 0 Å². The molecule has 0 saturated carbocycles. The summed E-state index contributed by atoms with van der Waals surface area (Å²) in [5.41, 5.74) is 0. The lowest BCUT2D eigenvalue weighted by Crippen LogP contribution is -2.34. The minimum atomic E-state index is -4.23. The fraction of sp³-hybridized carbons (Fsp3) is 1.00. The molecule has 9 heteroatoms. The topological polar surface area (TPSA) is 116 Å². The molecule has 7 atom stereocenters. The van der Waals surface area contributed by atoms with Crippen molar-refractivity contribution in [1.29, 1.82) is 0 Å². The van der Waals surface area contributed by atoms with Gasteiger partial charge in [-0.3, -0.25) is 4.57 Å². The van der Waals surface area contributed by atoms with Gasteiger partial charge >= 0.3 is 7.60 Å². The molecule has 4 unspecified atom stereocenters. The van der Waals surface area contributed by atoms with Gasteiger partial charge in [0, 0.05) is 12.4 Å². The minimum absolute atomic E-state index is 0.0552. The fourth-order valence-electron chi connectivity index (χ4n) is 1.90. The molecule has 7 nitrogen and oxygen atoms in total. The molecule has 0 bridgehead atoms. The summed E-state index contributed by atoms with van der Waals surface area (Å²) in [6.07, 6.45) is -3.81. The van der Waals surface area contributed by atoms with E-state index in [4.69, 9.17) is 17.1 Å². The Kier molecular flexibility index (Phi) is 5.83. The smallest absolute Gasteiger partial charge is 0.359 e. The molecule has 1 aliphatic rings. The maximum Gasteiger partial charge on any atom is 0.359 e. The third-order valence-corrected chi connectivity index (χ3v) is 5.74. The first-order chi connectivity index (χ1) is 9.01. The molecule has 1 heterocycles. The van der Waals surface area contributed by atoms with E-state index in [0.29, 0.717) is 0 Å². The Hall–Kier alpha value is 0.0549. The van der Waals surface area contributed by atoms with Gasteiger partial charge in [-0.25, -0.2) is 0 Å². The van der Waals surface area contributed by atoms with Crippen molar-refractivity contribution in [3.8, 4) is 0 Å². The first kappa shape index (κ1) is 18.1. The zero-order valence-electron chi connectivity index (χ0n) is 11.8. The largest absolute Gasteiger partial charge is 0.388 e. The van der Waals surface area contributed by atoms with E-state index in [1.54, 1.807) is 6.92 Å². The third-order valence-electron chi connectivity index (χ3n) is 3.56. The summed E-state index contributed by atoms with van der Waals surface area (Å²) in [4.78, 5) is 9.76. The van der Waals surface area contributed by atoms with Gasteiger partial charge in [-0.15, -0.1) is 0 Å². The van der Waals surface area contributed by atoms with Crippen LogP contribution >= 0.6 is 7.60 Å². The van der Waals surface area contributed by atoms with Gasteiger partial charge in [0.25, 0.3) is 0 Å². The molecule has 0 amide bonds. The average Bonchev–Trinajstić information content (AvgIpc) is 2.56. The van der Waals surface area contributed by atoms with E-state index in [-0.39, 0.29) is 12.8 Å². The number of hydrogen-bond acceptors (Lipinski definition) is 6. The molecule has 0 aliphatic carbocycles. The molecule has 1 aliphatic heterocycles. The highest BCUT2D eigenvalue weighted by Gasteiger charge is 2.45. The highest BCUT2D eigenvalue weighted by atomic mass is 31.2. The standard InChI is InChI=1S/C11H22BO7P/c1-4-11(3,15)20(16,17)19-6(2)5-7-8(13)9(14)10(12)18-7/h6-10,13-15H,4-5H2,1-3H3,(H,16,17)/t6?,7-,8?,9+,10-,11?/m1/s1. The van der Waals surface area contributed by atoms with Gasteiger partial charge in [-0.2, -0.15) is 0 Å². The second-order valence-electron chi connectivity index (χ2n) is 5.36. The first-order valence-electron chi connectivity index (χ1n) is 6.52. The Morgan fingerprint density at radius 2 is 2.00 bits per heavy atom. The average molecular weight is 308 g/mol. The molecular weight excluding hydrogens is 286 g/mol. The van der Waals surface area contributed by atoms with E-state index in [9.17, 15) is 24.8 Å². The highest BCUT2D eigenvalue weighted by molar-refractivity contribution is 7.54. The zero-order chi connectivity index (χ0) is 15.7. The molecule has 1 saturated heterocycles. The summed E-state index contributed by atoms with van der Waals surface area (Å²) < 4.78 is 22.1. The van der Waals surface area contributed by atoms with Crippen molar-refractivity contribution < 1.29 is 34.0 Å². The molecule has 1 fully saturated rings. The van der Waals surface area contributed by atoms with Crippen LogP contribution < -0.4 is 0 Å². The molecular formula is C11H22BO7P. The van der Waals surface area contributed by atoms with Gasteiger partial charge in [-0.05, 0) is 20.3 Å². The normalized spacial score (nSPS) is 38.1. The van der Waals surface area contributed by atoms with Gasteiger partial charge in [0.1, 0.15) is 14.0 Å². The Morgan fingerprint density at radius 1 is 1.45 bits per heavy atom. The van der Waals surface area contributed by atoms with Crippen LogP contribution in [0.5, 0.6) is 0 Å². The maximum atomic E-state index is 12.0. The summed E-state index contributed by atoms with van der Waals surface area (Å²) in [5.74, 6) is 0. The van der Waals surface area contributed by atoms with E-state index in [2.05, 4.69) is 0 Å². The van der Waals surface area contributed by atoms with Crippen LogP contribution in [0.3, 0.4) is 0 Å². The van der Waals surface area contributed by atoms with Crippen LogP contribution in [0.15, 0.2) is 0 Å². The van der Waals surface area contributed by atoms with Crippen molar-refractivity contribution in [3.05, 3.63) is 0 Å². The van der Waals surface area contributed by atoms with Crippen LogP contribution in [0.25, 0.3) is 0 Å². The lowest BCUT2D eigenvalue weighted by atomic mass is 9.92. The molecule has 116 valence electrons. The van der Waals surface area contributed by atoms with Crippen LogP contribution in [-0.4, -0.2) is 63.8 Å². The first-order valence-corrected chi connectivity index (χ1v) is 8.10. The summed E-state index contributed by atoms with van der Waals surface area (Å²) in [6, 6.07) is -0.998. The van der Waals surface area contributed by atoms with Gasteiger partial charge < -0.3 is 29.5 Å². The van der Waals surface area contributed by atoms with Crippen LogP contribution in [0.1, 0.15) is 33.6 Å². The molecule has 20 heavy (non-hydrogen) atoms. The van der Waals surface area contributed by atoms with Crippen molar-refractivity contribution in [3.63, 3.8) is 0 Å². The summed E-state index contributed by atoms with van der Waals surface area (Å²) in [6.45, 7) is 4.30. The number of hydrogen-bond donors (Lipinski definition) is 4. The van der Waals surface area contributed by atoms with E-state index in [1.807, 2.05) is 0 Å². The van der Waals surface area contributed by atoms with Crippen molar-refractivity contribution >= 4 is 15.4 Å². The number of aliphatic hydroxyl groups is 3. The Morgan fingerprint density at radius 3 is 2.40 bits per heavy atom. The molecule has 0 aromatic heterocycles. The second kappa shape index (κ2) is 6.44. The number of aliphatic hydroxyl groups excluding tert-OH is 2. The molecule has 0 spiro atoms. The maximum absolute atomic E-state index is 12.0. The van der Waals surface area contributed by atoms with Crippen LogP contribution in [0.2, 0.25) is 0 Å². The van der Waals surface area contributed by atoms with E-state index in [1.165, 1.54) is 13.8 Å². The Balaban J connectivity index is 2.61. The van der Waals surface area contributed by atoms with Crippen molar-refractivity contribution in [2.75, 3.05) is 0 Å². The van der Waals surface area contributed by atoms with Crippen LogP contribution in [0.4, 0.5) is 0 Å². The Labute approximate surface area is 119 Å². The summed E-state index contributed by atoms with van der Waals surface area (Å²) >= 11 is 0. The molecule has 2 radical (unpaired) electrons. The lowest BCUT2D eigenvalue weighted by molar-refractivity contribution is -0.00564. The predicted octanol–water partition coefficient (Wildman–Crippen LogP) is -0.299. The number of rotatable bonds is 6. The number of ether oxygens (including phenoxy) is 1. The van der Waals surface area contributed by atoms with E-state index in [0.717, 1.165) is 0 Å². The second-order valence-corrected chi connectivity index (χ2v) is 7.58. The highest BCUT2D eigenvalue weighted by Crippen LogP contribution is 2.56. The van der Waals surface area contributed by atoms with Gasteiger partial charge in [0.15, 0.2) is 5.34 Å². The van der Waals surface area contributed by atoms with Gasteiger partial charge in [0.05, 0.1) is 18.3 Å². The minimum Gasteiger partial charge on any atom is -0.388 e. The van der Waals surface area contributed by atoms with E-state index < -0.39 is 43.4 Å². The predicted molar refractivity (Wildman–Crippen MR) is 72.3 cm³/mol.